The molecule has 0 aliphatic carbocycles. The van der Waals surface area contributed by atoms with Crippen LogP contribution in [0.2, 0.25) is 0 Å². The fraction of sp³-hybridized carbons (Fsp3) is 0.625. The van der Waals surface area contributed by atoms with Gasteiger partial charge < -0.3 is 4.52 Å². The molecule has 5 heteroatoms. The quantitative estimate of drug-likeness (QED) is 0.660. The third-order valence-electron chi connectivity index (χ3n) is 1.65. The largest absolute Gasteiger partial charge is 0.365 e. The average molecular weight is 204 g/mol. The Bertz CT molecular complexity index is 295. The molecule has 2 atom stereocenters. The number of carbonyl (C=O) groups excluding carboxylic acids is 1. The second-order valence-corrected chi connectivity index (χ2v) is 4.78. The molecule has 0 saturated carbocycles. The van der Waals surface area contributed by atoms with Gasteiger partial charge in [-0.1, -0.05) is 0 Å². The first-order chi connectivity index (χ1) is 5.99. The maximum Gasteiger partial charge on any atom is 0.365 e. The summed E-state index contributed by atoms with van der Waals surface area (Å²) in [5.41, 5.74) is 0. The molecule has 0 fully saturated rings. The standard InChI is InChI=1S/C8H13O4P/c1-4-11-13(10)8(7(3)9)5-6(2)12-13/h5-6H,4H2,1-3H3/t6-,13-/m1/s1. The minimum atomic E-state index is -3.28. The Kier molecular flexibility index (Phi) is 3.06. The third kappa shape index (κ3) is 2.08. The van der Waals surface area contributed by atoms with Crippen LogP contribution >= 0.6 is 7.60 Å². The summed E-state index contributed by atoms with van der Waals surface area (Å²) < 4.78 is 21.9. The highest BCUT2D eigenvalue weighted by Gasteiger charge is 2.39. The van der Waals surface area contributed by atoms with Crippen molar-refractivity contribution in [2.24, 2.45) is 0 Å². The molecule has 1 heterocycles. The SMILES string of the molecule is CCO[P@@]1(=O)O[C@H](C)C=C1C(C)=O. The zero-order valence-corrected chi connectivity index (χ0v) is 8.84. The number of rotatable bonds is 3. The van der Waals surface area contributed by atoms with Crippen molar-refractivity contribution in [1.82, 2.24) is 0 Å². The molecule has 4 nitrogen and oxygen atoms in total. The molecule has 1 rings (SSSR count). The minimum Gasteiger partial charge on any atom is -0.305 e. The summed E-state index contributed by atoms with van der Waals surface area (Å²) in [5, 5.41) is 0.182. The van der Waals surface area contributed by atoms with E-state index in [0.29, 0.717) is 0 Å². The first-order valence-electron chi connectivity index (χ1n) is 4.16. The monoisotopic (exact) mass is 204 g/mol. The molecular formula is C8H13O4P. The van der Waals surface area contributed by atoms with Crippen molar-refractivity contribution in [3.63, 3.8) is 0 Å². The van der Waals surface area contributed by atoms with E-state index in [1.54, 1.807) is 19.9 Å². The fourth-order valence-electron chi connectivity index (χ4n) is 1.20. The molecule has 13 heavy (non-hydrogen) atoms. The smallest absolute Gasteiger partial charge is 0.305 e. The van der Waals surface area contributed by atoms with Crippen LogP contribution in [0, 0.1) is 0 Å². The molecular weight excluding hydrogens is 191 g/mol. The van der Waals surface area contributed by atoms with Crippen LogP contribution in [0.4, 0.5) is 0 Å². The number of carbonyl (C=O) groups is 1. The van der Waals surface area contributed by atoms with Gasteiger partial charge in [0.15, 0.2) is 5.78 Å². The van der Waals surface area contributed by atoms with Gasteiger partial charge in [0.25, 0.3) is 0 Å². The molecule has 74 valence electrons. The van der Waals surface area contributed by atoms with Crippen molar-refractivity contribution in [3.8, 4) is 0 Å². The lowest BCUT2D eigenvalue weighted by Gasteiger charge is -2.13. The van der Waals surface area contributed by atoms with Gasteiger partial charge in [-0.3, -0.25) is 13.9 Å². The van der Waals surface area contributed by atoms with E-state index < -0.39 is 7.60 Å². The lowest BCUT2D eigenvalue weighted by atomic mass is 10.3. The summed E-state index contributed by atoms with van der Waals surface area (Å²) in [6, 6.07) is 0. The summed E-state index contributed by atoms with van der Waals surface area (Å²) in [5.74, 6) is -0.249. The molecule has 0 aromatic heterocycles. The van der Waals surface area contributed by atoms with Gasteiger partial charge >= 0.3 is 7.60 Å². The summed E-state index contributed by atoms with van der Waals surface area (Å²) in [6.07, 6.45) is 1.25. The van der Waals surface area contributed by atoms with E-state index in [0.717, 1.165) is 0 Å². The van der Waals surface area contributed by atoms with E-state index >= 15 is 0 Å². The summed E-state index contributed by atoms with van der Waals surface area (Å²) in [6.45, 7) is 5.07. The van der Waals surface area contributed by atoms with Gasteiger partial charge in [-0.25, -0.2) is 0 Å². The first kappa shape index (κ1) is 10.6. The van der Waals surface area contributed by atoms with Crippen LogP contribution < -0.4 is 0 Å². The van der Waals surface area contributed by atoms with Crippen molar-refractivity contribution in [2.75, 3.05) is 6.61 Å². The van der Waals surface area contributed by atoms with Crippen molar-refractivity contribution in [1.29, 1.82) is 0 Å². The molecule has 0 saturated heterocycles. The highest BCUT2D eigenvalue weighted by atomic mass is 31.2. The Morgan fingerprint density at radius 2 is 2.38 bits per heavy atom. The van der Waals surface area contributed by atoms with E-state index in [1.165, 1.54) is 6.92 Å². The van der Waals surface area contributed by atoms with Crippen LogP contribution in [0.1, 0.15) is 20.8 Å². The Morgan fingerprint density at radius 1 is 1.77 bits per heavy atom. The molecule has 0 unspecified atom stereocenters. The molecule has 0 bridgehead atoms. The number of allylic oxidation sites excluding steroid dienone is 1. The lowest BCUT2D eigenvalue weighted by Crippen LogP contribution is -1.99. The zero-order chi connectivity index (χ0) is 10.1. The number of ketones is 1. The van der Waals surface area contributed by atoms with Gasteiger partial charge in [-0.05, 0) is 26.8 Å². The van der Waals surface area contributed by atoms with Crippen molar-refractivity contribution >= 4 is 13.4 Å². The Morgan fingerprint density at radius 3 is 2.85 bits per heavy atom. The van der Waals surface area contributed by atoms with E-state index in [2.05, 4.69) is 0 Å². The number of Topliss-reactive ketones (excluding diaryl/α,β-unsaturated/α-hetero) is 1. The van der Waals surface area contributed by atoms with Crippen molar-refractivity contribution in [3.05, 3.63) is 11.4 Å². The predicted molar refractivity (Wildman–Crippen MR) is 48.5 cm³/mol. The van der Waals surface area contributed by atoms with Crippen molar-refractivity contribution < 1.29 is 18.4 Å². The van der Waals surface area contributed by atoms with Gasteiger partial charge in [0.2, 0.25) is 0 Å². The molecule has 0 radical (unpaired) electrons. The van der Waals surface area contributed by atoms with Crippen LogP contribution in [-0.4, -0.2) is 18.5 Å². The highest BCUT2D eigenvalue weighted by Crippen LogP contribution is 2.61. The van der Waals surface area contributed by atoms with Crippen LogP contribution in [0.3, 0.4) is 0 Å². The molecule has 1 aliphatic heterocycles. The van der Waals surface area contributed by atoms with Gasteiger partial charge in [0.05, 0.1) is 12.7 Å². The predicted octanol–water partition coefficient (Wildman–Crippen LogP) is 2.11. The third-order valence-corrected chi connectivity index (χ3v) is 3.91. The van der Waals surface area contributed by atoms with Gasteiger partial charge in [-0.15, -0.1) is 0 Å². The summed E-state index contributed by atoms with van der Waals surface area (Å²) in [7, 11) is -3.28. The van der Waals surface area contributed by atoms with Gasteiger partial charge in [0.1, 0.15) is 5.31 Å². The molecule has 0 aromatic carbocycles. The van der Waals surface area contributed by atoms with Gasteiger partial charge in [-0.2, -0.15) is 0 Å². The maximum absolute atomic E-state index is 11.9. The maximum atomic E-state index is 11.9. The summed E-state index contributed by atoms with van der Waals surface area (Å²) >= 11 is 0. The lowest BCUT2D eigenvalue weighted by molar-refractivity contribution is -0.113. The Labute approximate surface area is 77.4 Å². The molecule has 0 amide bonds. The van der Waals surface area contributed by atoms with Crippen LogP contribution in [-0.2, 0) is 18.4 Å². The molecule has 0 aromatic rings. The average Bonchev–Trinajstić information content (AvgIpc) is 2.26. The minimum absolute atomic E-state index is 0.182. The van der Waals surface area contributed by atoms with E-state index in [1.807, 2.05) is 0 Å². The number of hydrogen-bond donors (Lipinski definition) is 0. The van der Waals surface area contributed by atoms with Crippen LogP contribution in [0.25, 0.3) is 0 Å². The van der Waals surface area contributed by atoms with Crippen LogP contribution in [0.15, 0.2) is 11.4 Å². The first-order valence-corrected chi connectivity index (χ1v) is 5.70. The molecule has 1 aliphatic rings. The zero-order valence-electron chi connectivity index (χ0n) is 7.94. The fourth-order valence-corrected chi connectivity index (χ4v) is 3.13. The number of hydrogen-bond acceptors (Lipinski definition) is 4. The van der Waals surface area contributed by atoms with Crippen molar-refractivity contribution in [2.45, 2.75) is 26.9 Å². The highest BCUT2D eigenvalue weighted by molar-refractivity contribution is 7.60. The van der Waals surface area contributed by atoms with E-state index in [4.69, 9.17) is 9.05 Å². The second-order valence-electron chi connectivity index (χ2n) is 2.83. The Balaban J connectivity index is 2.95. The second kappa shape index (κ2) is 3.74. The topological polar surface area (TPSA) is 52.6 Å². The molecule has 0 N–H and O–H groups in total. The van der Waals surface area contributed by atoms with Crippen LogP contribution in [0.5, 0.6) is 0 Å². The summed E-state index contributed by atoms with van der Waals surface area (Å²) in [4.78, 5) is 11.1. The normalized spacial score (nSPS) is 33.2. The van der Waals surface area contributed by atoms with E-state index in [9.17, 15) is 9.36 Å². The van der Waals surface area contributed by atoms with E-state index in [-0.39, 0.29) is 23.8 Å². The molecule has 0 spiro atoms. The van der Waals surface area contributed by atoms with Gasteiger partial charge in [0, 0.05) is 0 Å². The Hall–Kier alpha value is -0.440.